The van der Waals surface area contributed by atoms with Crippen molar-refractivity contribution >= 4 is 27.0 Å². The molecule has 0 aliphatic rings. The monoisotopic (exact) mass is 269 g/mol. The van der Waals surface area contributed by atoms with Crippen molar-refractivity contribution in [2.24, 2.45) is 0 Å². The minimum Gasteiger partial charge on any atom is -0.408 e. The summed E-state index contributed by atoms with van der Waals surface area (Å²) >= 11 is 3.37. The fourth-order valence-electron chi connectivity index (χ4n) is 1.63. The minimum atomic E-state index is -0.265. The highest BCUT2D eigenvalue weighted by Gasteiger charge is 2.08. The zero-order chi connectivity index (χ0) is 10.8. The number of fused-ring (bicyclic) bond motifs is 1. The van der Waals surface area contributed by atoms with Gasteiger partial charge in [-0.3, -0.25) is 4.57 Å². The van der Waals surface area contributed by atoms with Crippen LogP contribution in [0.4, 0.5) is 0 Å². The molecule has 0 bridgehead atoms. The lowest BCUT2D eigenvalue weighted by Gasteiger charge is -1.98. The third kappa shape index (κ3) is 1.86. The maximum absolute atomic E-state index is 11.5. The van der Waals surface area contributed by atoms with Gasteiger partial charge in [-0.25, -0.2) is 4.79 Å². The zero-order valence-corrected chi connectivity index (χ0v) is 10.1. The van der Waals surface area contributed by atoms with Crippen molar-refractivity contribution in [2.45, 2.75) is 25.2 Å². The molecule has 0 amide bonds. The average Bonchev–Trinajstić information content (AvgIpc) is 2.55. The Balaban J connectivity index is 2.63. The van der Waals surface area contributed by atoms with Crippen LogP contribution in [0.15, 0.2) is 27.4 Å². The Kier molecular flexibility index (Phi) is 2.95. The van der Waals surface area contributed by atoms with Gasteiger partial charge in [0.2, 0.25) is 0 Å². The summed E-state index contributed by atoms with van der Waals surface area (Å²) in [5.74, 6) is -0.265. The quantitative estimate of drug-likeness (QED) is 0.804. The first-order chi connectivity index (χ1) is 7.26. The largest absolute Gasteiger partial charge is 0.419 e. The van der Waals surface area contributed by atoms with Crippen LogP contribution < -0.4 is 5.76 Å². The molecule has 2 rings (SSSR count). The fourth-order valence-corrected chi connectivity index (χ4v) is 1.98. The van der Waals surface area contributed by atoms with Gasteiger partial charge in [-0.1, -0.05) is 28.9 Å². The van der Waals surface area contributed by atoms with Gasteiger partial charge in [-0.15, -0.1) is 0 Å². The van der Waals surface area contributed by atoms with Crippen molar-refractivity contribution < 1.29 is 4.42 Å². The Bertz CT molecular complexity index is 527. The maximum atomic E-state index is 11.5. The molecule has 1 aromatic carbocycles. The number of hydrogen-bond donors (Lipinski definition) is 0. The van der Waals surface area contributed by atoms with Crippen LogP contribution in [0.3, 0.4) is 0 Å². The standard InChI is InChI=1S/C11H12BrNO2/c1-2-5-13-9-4-3-8(7-12)6-10(9)15-11(13)14/h3-4,6H,2,5,7H2,1H3. The van der Waals surface area contributed by atoms with Gasteiger partial charge in [0.15, 0.2) is 5.58 Å². The minimum absolute atomic E-state index is 0.265. The lowest BCUT2D eigenvalue weighted by atomic mass is 10.2. The lowest BCUT2D eigenvalue weighted by Crippen LogP contribution is -2.13. The second-order valence-electron chi connectivity index (χ2n) is 3.46. The molecule has 4 heteroatoms. The lowest BCUT2D eigenvalue weighted by molar-refractivity contribution is 0.502. The van der Waals surface area contributed by atoms with Crippen molar-refractivity contribution in [1.82, 2.24) is 4.57 Å². The molecule has 0 radical (unpaired) electrons. The van der Waals surface area contributed by atoms with E-state index in [0.717, 1.165) is 22.8 Å². The van der Waals surface area contributed by atoms with Crippen LogP contribution in [0.2, 0.25) is 0 Å². The summed E-state index contributed by atoms with van der Waals surface area (Å²) in [6.07, 6.45) is 0.925. The number of aromatic nitrogens is 1. The second kappa shape index (κ2) is 4.23. The van der Waals surface area contributed by atoms with E-state index >= 15 is 0 Å². The molecule has 0 spiro atoms. The topological polar surface area (TPSA) is 35.1 Å². The number of alkyl halides is 1. The number of halogens is 1. The molecule has 1 heterocycles. The van der Waals surface area contributed by atoms with Crippen LogP contribution in [0.1, 0.15) is 18.9 Å². The van der Waals surface area contributed by atoms with Crippen molar-refractivity contribution in [1.29, 1.82) is 0 Å². The molecule has 80 valence electrons. The summed E-state index contributed by atoms with van der Waals surface area (Å²) in [6.45, 7) is 2.75. The Hall–Kier alpha value is -1.03. The van der Waals surface area contributed by atoms with E-state index in [9.17, 15) is 4.79 Å². The van der Waals surface area contributed by atoms with Gasteiger partial charge in [0.25, 0.3) is 0 Å². The summed E-state index contributed by atoms with van der Waals surface area (Å²) in [6, 6.07) is 5.84. The molecule has 0 saturated heterocycles. The third-order valence-corrected chi connectivity index (χ3v) is 2.98. The van der Waals surface area contributed by atoms with E-state index in [1.807, 2.05) is 25.1 Å². The first-order valence-electron chi connectivity index (χ1n) is 4.94. The van der Waals surface area contributed by atoms with Gasteiger partial charge in [-0.2, -0.15) is 0 Å². The molecule has 15 heavy (non-hydrogen) atoms. The van der Waals surface area contributed by atoms with Crippen molar-refractivity contribution in [3.63, 3.8) is 0 Å². The Morgan fingerprint density at radius 2 is 2.27 bits per heavy atom. The average molecular weight is 270 g/mol. The molecular formula is C11H12BrNO2. The van der Waals surface area contributed by atoms with Gasteiger partial charge in [0.1, 0.15) is 0 Å². The van der Waals surface area contributed by atoms with Crippen molar-refractivity contribution in [3.8, 4) is 0 Å². The van der Waals surface area contributed by atoms with Gasteiger partial charge in [0.05, 0.1) is 5.52 Å². The smallest absolute Gasteiger partial charge is 0.408 e. The predicted molar refractivity (Wildman–Crippen MR) is 63.4 cm³/mol. The summed E-state index contributed by atoms with van der Waals surface area (Å²) in [5, 5.41) is 0.769. The summed E-state index contributed by atoms with van der Waals surface area (Å²) in [5.41, 5.74) is 2.66. The van der Waals surface area contributed by atoms with Gasteiger partial charge < -0.3 is 4.42 Å². The van der Waals surface area contributed by atoms with E-state index in [0.29, 0.717) is 12.1 Å². The molecule has 0 aliphatic heterocycles. The second-order valence-corrected chi connectivity index (χ2v) is 4.02. The number of benzene rings is 1. The summed E-state index contributed by atoms with van der Waals surface area (Å²) in [4.78, 5) is 11.5. The van der Waals surface area contributed by atoms with Gasteiger partial charge in [0, 0.05) is 11.9 Å². The normalized spacial score (nSPS) is 11.1. The van der Waals surface area contributed by atoms with E-state index < -0.39 is 0 Å². The molecule has 2 aromatic rings. The number of nitrogens with zero attached hydrogens (tertiary/aromatic N) is 1. The molecule has 0 atom stereocenters. The highest BCUT2D eigenvalue weighted by molar-refractivity contribution is 9.08. The van der Waals surface area contributed by atoms with E-state index in [4.69, 9.17) is 4.42 Å². The van der Waals surface area contributed by atoms with E-state index in [1.54, 1.807) is 4.57 Å². The third-order valence-electron chi connectivity index (χ3n) is 2.33. The van der Waals surface area contributed by atoms with E-state index in [2.05, 4.69) is 15.9 Å². The molecule has 0 fully saturated rings. The molecule has 0 aliphatic carbocycles. The van der Waals surface area contributed by atoms with Crippen molar-refractivity contribution in [3.05, 3.63) is 34.3 Å². The van der Waals surface area contributed by atoms with E-state index in [1.165, 1.54) is 0 Å². The molecular weight excluding hydrogens is 258 g/mol. The summed E-state index contributed by atoms with van der Waals surface area (Å²) in [7, 11) is 0. The SMILES string of the molecule is CCCn1c(=O)oc2cc(CBr)ccc21. The number of aryl methyl sites for hydroxylation is 1. The predicted octanol–water partition coefficient (Wildman–Crippen LogP) is 2.90. The van der Waals surface area contributed by atoms with Crippen LogP contribution in [0.5, 0.6) is 0 Å². The number of rotatable bonds is 3. The Labute approximate surface area is 95.8 Å². The van der Waals surface area contributed by atoms with Crippen LogP contribution in [-0.2, 0) is 11.9 Å². The van der Waals surface area contributed by atoms with Crippen LogP contribution in [0, 0.1) is 0 Å². The van der Waals surface area contributed by atoms with Crippen molar-refractivity contribution in [2.75, 3.05) is 0 Å². The highest BCUT2D eigenvalue weighted by atomic mass is 79.9. The molecule has 3 nitrogen and oxygen atoms in total. The summed E-state index contributed by atoms with van der Waals surface area (Å²) < 4.78 is 6.85. The van der Waals surface area contributed by atoms with E-state index in [-0.39, 0.29) is 5.76 Å². The number of hydrogen-bond acceptors (Lipinski definition) is 2. The number of oxazole rings is 1. The van der Waals surface area contributed by atoms with Gasteiger partial charge in [-0.05, 0) is 24.1 Å². The van der Waals surface area contributed by atoms with Crippen LogP contribution in [0.25, 0.3) is 11.1 Å². The highest BCUT2D eigenvalue weighted by Crippen LogP contribution is 2.16. The van der Waals surface area contributed by atoms with Crippen LogP contribution >= 0.6 is 15.9 Å². The Morgan fingerprint density at radius 3 is 2.93 bits per heavy atom. The first kappa shape index (κ1) is 10.5. The molecule has 0 saturated carbocycles. The fraction of sp³-hybridized carbons (Fsp3) is 0.364. The molecule has 0 unspecified atom stereocenters. The first-order valence-corrected chi connectivity index (χ1v) is 6.06. The Morgan fingerprint density at radius 1 is 1.47 bits per heavy atom. The molecule has 1 aromatic heterocycles. The van der Waals surface area contributed by atoms with Crippen LogP contribution in [-0.4, -0.2) is 4.57 Å². The van der Waals surface area contributed by atoms with Gasteiger partial charge >= 0.3 is 5.76 Å². The molecule has 0 N–H and O–H groups in total. The zero-order valence-electron chi connectivity index (χ0n) is 8.50. The maximum Gasteiger partial charge on any atom is 0.419 e.